The molecule has 1 atom stereocenters. The van der Waals surface area contributed by atoms with E-state index in [9.17, 15) is 9.59 Å². The standard InChI is InChI=1S/C17H24N4O3/c1-13(16(22)21-8-7-18-17(21)23)19-9-11-20(12-10-19)14-3-5-15(24-2)6-4-14/h3-6,13H,7-12H2,1-2H3,(H,18,23)/p+1/t13-/m0/s1. The van der Waals surface area contributed by atoms with Crippen molar-refractivity contribution < 1.29 is 19.2 Å². The summed E-state index contributed by atoms with van der Waals surface area (Å²) in [5.41, 5.74) is 1.17. The second-order valence-electron chi connectivity index (χ2n) is 6.29. The molecule has 24 heavy (non-hydrogen) atoms. The van der Waals surface area contributed by atoms with E-state index in [0.29, 0.717) is 13.1 Å². The summed E-state index contributed by atoms with van der Waals surface area (Å²) in [6, 6.07) is 7.61. The molecule has 2 fully saturated rings. The van der Waals surface area contributed by atoms with E-state index < -0.39 is 0 Å². The summed E-state index contributed by atoms with van der Waals surface area (Å²) in [6.07, 6.45) is 0. The molecule has 0 radical (unpaired) electrons. The van der Waals surface area contributed by atoms with Crippen molar-refractivity contribution in [1.29, 1.82) is 0 Å². The highest BCUT2D eigenvalue weighted by molar-refractivity contribution is 5.97. The maximum Gasteiger partial charge on any atom is 0.324 e. The van der Waals surface area contributed by atoms with Gasteiger partial charge in [0.15, 0.2) is 6.04 Å². The van der Waals surface area contributed by atoms with Crippen LogP contribution in [-0.2, 0) is 4.79 Å². The number of carbonyl (C=O) groups excluding carboxylic acids is 2. The molecule has 3 amide bonds. The van der Waals surface area contributed by atoms with Crippen LogP contribution in [0.25, 0.3) is 0 Å². The van der Waals surface area contributed by atoms with Crippen LogP contribution >= 0.6 is 0 Å². The number of nitrogens with one attached hydrogen (secondary N) is 2. The zero-order valence-electron chi connectivity index (χ0n) is 14.2. The van der Waals surface area contributed by atoms with Crippen LogP contribution in [-0.4, -0.2) is 69.3 Å². The molecule has 0 bridgehead atoms. The normalized spacial score (nSPS) is 20.0. The van der Waals surface area contributed by atoms with Crippen molar-refractivity contribution in [3.05, 3.63) is 24.3 Å². The Morgan fingerprint density at radius 3 is 2.42 bits per heavy atom. The molecular formula is C17H25N4O3+. The Morgan fingerprint density at radius 1 is 1.21 bits per heavy atom. The van der Waals surface area contributed by atoms with E-state index in [0.717, 1.165) is 31.9 Å². The molecule has 0 aliphatic carbocycles. The number of amides is 3. The van der Waals surface area contributed by atoms with E-state index >= 15 is 0 Å². The zero-order valence-corrected chi connectivity index (χ0v) is 14.2. The Balaban J connectivity index is 1.55. The lowest BCUT2D eigenvalue weighted by molar-refractivity contribution is -0.915. The molecule has 3 rings (SSSR count). The molecule has 2 aliphatic heterocycles. The Labute approximate surface area is 142 Å². The summed E-state index contributed by atoms with van der Waals surface area (Å²) in [7, 11) is 1.66. The summed E-state index contributed by atoms with van der Waals surface area (Å²) in [4.78, 5) is 29.1. The minimum atomic E-state index is -0.261. The molecule has 7 heteroatoms. The number of ether oxygens (including phenoxy) is 1. The van der Waals surface area contributed by atoms with Crippen LogP contribution < -0.4 is 19.9 Å². The van der Waals surface area contributed by atoms with Crippen LogP contribution in [0.15, 0.2) is 24.3 Å². The van der Waals surface area contributed by atoms with Crippen LogP contribution in [0.2, 0.25) is 0 Å². The van der Waals surface area contributed by atoms with Gasteiger partial charge in [-0.05, 0) is 31.2 Å². The maximum atomic E-state index is 12.5. The molecule has 2 saturated heterocycles. The summed E-state index contributed by atoms with van der Waals surface area (Å²) >= 11 is 0. The number of carbonyl (C=O) groups is 2. The molecule has 1 aromatic rings. The fourth-order valence-electron chi connectivity index (χ4n) is 3.37. The van der Waals surface area contributed by atoms with Crippen LogP contribution in [0.1, 0.15) is 6.92 Å². The van der Waals surface area contributed by atoms with Gasteiger partial charge in [0.1, 0.15) is 5.75 Å². The average molecular weight is 333 g/mol. The van der Waals surface area contributed by atoms with Crippen molar-refractivity contribution in [3.8, 4) is 5.75 Å². The highest BCUT2D eigenvalue weighted by Gasteiger charge is 2.36. The lowest BCUT2D eigenvalue weighted by atomic mass is 10.2. The minimum Gasteiger partial charge on any atom is -0.497 e. The lowest BCUT2D eigenvalue weighted by Crippen LogP contribution is -3.19. The van der Waals surface area contributed by atoms with Gasteiger partial charge >= 0.3 is 6.03 Å². The number of urea groups is 1. The SMILES string of the molecule is COc1ccc(N2CC[NH+]([C@@H](C)C(=O)N3CCNC3=O)CC2)cc1. The van der Waals surface area contributed by atoms with Gasteiger partial charge in [0, 0.05) is 18.8 Å². The van der Waals surface area contributed by atoms with E-state index in [4.69, 9.17) is 4.74 Å². The smallest absolute Gasteiger partial charge is 0.324 e. The first-order valence-electron chi connectivity index (χ1n) is 8.43. The number of piperazine rings is 1. The first-order chi connectivity index (χ1) is 11.6. The van der Waals surface area contributed by atoms with E-state index in [1.54, 1.807) is 7.11 Å². The second-order valence-corrected chi connectivity index (χ2v) is 6.29. The molecule has 2 aliphatic rings. The van der Waals surface area contributed by atoms with Crippen molar-refractivity contribution in [2.45, 2.75) is 13.0 Å². The van der Waals surface area contributed by atoms with Gasteiger partial charge in [-0.25, -0.2) is 4.79 Å². The van der Waals surface area contributed by atoms with E-state index in [-0.39, 0.29) is 18.0 Å². The Kier molecular flexibility index (Phi) is 4.89. The van der Waals surface area contributed by atoms with Crippen molar-refractivity contribution in [2.75, 3.05) is 51.3 Å². The Morgan fingerprint density at radius 2 is 1.88 bits per heavy atom. The second kappa shape index (κ2) is 7.09. The molecule has 1 aromatic carbocycles. The van der Waals surface area contributed by atoms with Gasteiger partial charge in [-0.1, -0.05) is 0 Å². The van der Waals surface area contributed by atoms with Crippen LogP contribution in [0.3, 0.4) is 0 Å². The zero-order chi connectivity index (χ0) is 17.1. The molecule has 0 saturated carbocycles. The fraction of sp³-hybridized carbons (Fsp3) is 0.529. The number of rotatable bonds is 4. The predicted octanol–water partition coefficient (Wildman–Crippen LogP) is -0.660. The van der Waals surface area contributed by atoms with Crippen LogP contribution in [0.4, 0.5) is 10.5 Å². The number of anilines is 1. The van der Waals surface area contributed by atoms with E-state index in [1.807, 2.05) is 19.1 Å². The van der Waals surface area contributed by atoms with Crippen LogP contribution in [0.5, 0.6) is 5.75 Å². The predicted molar refractivity (Wildman–Crippen MR) is 90.5 cm³/mol. The van der Waals surface area contributed by atoms with Gasteiger partial charge in [-0.2, -0.15) is 0 Å². The number of quaternary nitrogens is 1. The molecule has 0 unspecified atom stereocenters. The number of methoxy groups -OCH3 is 1. The number of hydrogen-bond acceptors (Lipinski definition) is 4. The average Bonchev–Trinajstić information content (AvgIpc) is 3.06. The van der Waals surface area contributed by atoms with Crippen molar-refractivity contribution >= 4 is 17.6 Å². The van der Waals surface area contributed by atoms with Gasteiger partial charge < -0.3 is 19.9 Å². The first-order valence-corrected chi connectivity index (χ1v) is 8.43. The summed E-state index contributed by atoms with van der Waals surface area (Å²) in [5.74, 6) is 0.781. The third-order valence-corrected chi connectivity index (χ3v) is 4.95. The summed E-state index contributed by atoms with van der Waals surface area (Å²) in [5, 5.41) is 2.68. The van der Waals surface area contributed by atoms with Crippen molar-refractivity contribution in [3.63, 3.8) is 0 Å². The third kappa shape index (κ3) is 3.31. The fourth-order valence-corrected chi connectivity index (χ4v) is 3.37. The van der Waals surface area contributed by atoms with E-state index in [1.165, 1.54) is 15.5 Å². The Bertz CT molecular complexity index is 596. The molecule has 0 spiro atoms. The van der Waals surface area contributed by atoms with Crippen molar-refractivity contribution in [2.24, 2.45) is 0 Å². The minimum absolute atomic E-state index is 0.0714. The quantitative estimate of drug-likeness (QED) is 0.768. The molecule has 0 aromatic heterocycles. The molecule has 130 valence electrons. The topological polar surface area (TPSA) is 66.3 Å². The van der Waals surface area contributed by atoms with Crippen molar-refractivity contribution in [1.82, 2.24) is 10.2 Å². The highest BCUT2D eigenvalue weighted by Crippen LogP contribution is 2.19. The highest BCUT2D eigenvalue weighted by atomic mass is 16.5. The molecule has 2 heterocycles. The number of hydrogen-bond donors (Lipinski definition) is 2. The maximum absolute atomic E-state index is 12.5. The van der Waals surface area contributed by atoms with Gasteiger partial charge in [0.05, 0.1) is 33.3 Å². The van der Waals surface area contributed by atoms with Gasteiger partial charge in [-0.15, -0.1) is 0 Å². The summed E-state index contributed by atoms with van der Waals surface area (Å²) < 4.78 is 5.19. The van der Waals surface area contributed by atoms with Gasteiger partial charge in [0.2, 0.25) is 0 Å². The number of imide groups is 1. The van der Waals surface area contributed by atoms with Gasteiger partial charge in [0.25, 0.3) is 5.91 Å². The lowest BCUT2D eigenvalue weighted by Gasteiger charge is -2.36. The summed E-state index contributed by atoms with van der Waals surface area (Å²) in [6.45, 7) is 6.51. The Hall–Kier alpha value is -2.28. The van der Waals surface area contributed by atoms with Gasteiger partial charge in [-0.3, -0.25) is 9.69 Å². The largest absolute Gasteiger partial charge is 0.497 e. The molecule has 7 nitrogen and oxygen atoms in total. The van der Waals surface area contributed by atoms with E-state index in [2.05, 4.69) is 22.3 Å². The molecule has 2 N–H and O–H groups in total. The number of benzene rings is 1. The molecular weight excluding hydrogens is 308 g/mol. The first kappa shape index (κ1) is 16.6. The monoisotopic (exact) mass is 333 g/mol. The third-order valence-electron chi connectivity index (χ3n) is 4.95. The van der Waals surface area contributed by atoms with Crippen LogP contribution in [0, 0.1) is 0 Å². The number of nitrogens with zero attached hydrogens (tertiary/aromatic N) is 2.